The van der Waals surface area contributed by atoms with E-state index in [0.29, 0.717) is 37.2 Å². The number of likely N-dealkylation sites (tertiary alicyclic amines) is 2. The number of hydrogen-bond acceptors (Lipinski definition) is 4. The van der Waals surface area contributed by atoms with Crippen molar-refractivity contribution in [3.63, 3.8) is 0 Å². The molecule has 1 aromatic rings. The summed E-state index contributed by atoms with van der Waals surface area (Å²) in [5.74, 6) is -0.950. The zero-order valence-electron chi connectivity index (χ0n) is 15.1. The van der Waals surface area contributed by atoms with Crippen LogP contribution in [-0.4, -0.2) is 54.1 Å². The summed E-state index contributed by atoms with van der Waals surface area (Å²) in [6, 6.07) is 4.48. The third-order valence-corrected chi connectivity index (χ3v) is 5.38. The van der Waals surface area contributed by atoms with E-state index in [1.807, 2.05) is 0 Å². The van der Waals surface area contributed by atoms with Crippen LogP contribution in [0.25, 0.3) is 0 Å². The number of ketones is 1. The minimum atomic E-state index is -0.654. The highest BCUT2D eigenvalue weighted by molar-refractivity contribution is 6.35. The number of nitrogens with zero attached hydrogens (tertiary/aromatic N) is 2. The predicted octanol–water partition coefficient (Wildman–Crippen LogP) is 1.76. The fourth-order valence-corrected chi connectivity index (χ4v) is 3.95. The monoisotopic (exact) mass is 362 g/mol. The maximum Gasteiger partial charge on any atom is 0.289 e. The molecule has 2 aliphatic rings. The van der Waals surface area contributed by atoms with Crippen LogP contribution in [-0.2, 0) is 20.9 Å². The molecule has 26 heavy (non-hydrogen) atoms. The number of Topliss-reactive ketones (excluding diaryl/α,β-unsaturated/α-hetero) is 1. The van der Waals surface area contributed by atoms with Gasteiger partial charge >= 0.3 is 0 Å². The average Bonchev–Trinajstić information content (AvgIpc) is 3.05. The second-order valence-corrected chi connectivity index (χ2v) is 7.10. The van der Waals surface area contributed by atoms with Gasteiger partial charge in [-0.15, -0.1) is 0 Å². The van der Waals surface area contributed by atoms with E-state index in [0.717, 1.165) is 6.42 Å². The van der Waals surface area contributed by atoms with Crippen molar-refractivity contribution in [1.82, 2.24) is 9.80 Å². The largest absolute Gasteiger partial charge is 0.497 e. The number of carbonyl (C=O) groups is 3. The van der Waals surface area contributed by atoms with Crippen LogP contribution in [0.1, 0.15) is 31.7 Å². The zero-order chi connectivity index (χ0) is 18.9. The van der Waals surface area contributed by atoms with Crippen molar-refractivity contribution >= 4 is 17.6 Å². The Morgan fingerprint density at radius 1 is 1.27 bits per heavy atom. The average molecular weight is 362 g/mol. The summed E-state index contributed by atoms with van der Waals surface area (Å²) in [4.78, 5) is 39.5. The van der Waals surface area contributed by atoms with Gasteiger partial charge in [-0.1, -0.05) is 0 Å². The molecule has 0 bridgehead atoms. The van der Waals surface area contributed by atoms with E-state index in [1.54, 1.807) is 17.0 Å². The SMILES string of the molecule is COc1ccc(F)c(CN2CCC[C@]3(CCN(C(=O)C(C)=O)C3)C2=O)c1. The number of ether oxygens (including phenoxy) is 1. The lowest BCUT2D eigenvalue weighted by molar-refractivity contribution is -0.148. The van der Waals surface area contributed by atoms with E-state index in [-0.39, 0.29) is 24.8 Å². The molecule has 0 N–H and O–H groups in total. The topological polar surface area (TPSA) is 66.9 Å². The van der Waals surface area contributed by atoms with Crippen molar-refractivity contribution in [2.45, 2.75) is 32.7 Å². The maximum absolute atomic E-state index is 14.1. The minimum absolute atomic E-state index is 0.0650. The van der Waals surface area contributed by atoms with Crippen molar-refractivity contribution in [1.29, 1.82) is 0 Å². The molecule has 2 amide bonds. The van der Waals surface area contributed by atoms with Gasteiger partial charge in [0.15, 0.2) is 0 Å². The first-order valence-electron chi connectivity index (χ1n) is 8.78. The van der Waals surface area contributed by atoms with Crippen LogP contribution in [0.4, 0.5) is 4.39 Å². The summed E-state index contributed by atoms with van der Waals surface area (Å²) < 4.78 is 19.3. The lowest BCUT2D eigenvalue weighted by Crippen LogP contribution is -2.50. The summed E-state index contributed by atoms with van der Waals surface area (Å²) in [5.41, 5.74) is -0.247. The van der Waals surface area contributed by atoms with Crippen molar-refractivity contribution in [3.8, 4) is 5.75 Å². The van der Waals surface area contributed by atoms with Crippen molar-refractivity contribution in [2.24, 2.45) is 5.41 Å². The van der Waals surface area contributed by atoms with Gasteiger partial charge < -0.3 is 14.5 Å². The molecular formula is C19H23FN2O4. The van der Waals surface area contributed by atoms with Crippen molar-refractivity contribution < 1.29 is 23.5 Å². The van der Waals surface area contributed by atoms with E-state index >= 15 is 0 Å². The second kappa shape index (κ2) is 7.05. The van der Waals surface area contributed by atoms with Crippen LogP contribution in [0, 0.1) is 11.2 Å². The molecule has 0 unspecified atom stereocenters. The van der Waals surface area contributed by atoms with Crippen LogP contribution in [0.5, 0.6) is 5.75 Å². The molecule has 1 atom stereocenters. The fraction of sp³-hybridized carbons (Fsp3) is 0.526. The van der Waals surface area contributed by atoms with Gasteiger partial charge in [-0.05, 0) is 37.5 Å². The van der Waals surface area contributed by atoms with Crippen LogP contribution in [0.3, 0.4) is 0 Å². The molecule has 0 aromatic heterocycles. The Hall–Kier alpha value is -2.44. The molecule has 1 spiro atoms. The smallest absolute Gasteiger partial charge is 0.289 e. The molecule has 0 saturated carbocycles. The number of benzene rings is 1. The third-order valence-electron chi connectivity index (χ3n) is 5.38. The first-order chi connectivity index (χ1) is 12.4. The first-order valence-corrected chi connectivity index (χ1v) is 8.78. The second-order valence-electron chi connectivity index (χ2n) is 7.10. The molecule has 0 radical (unpaired) electrons. The first kappa shape index (κ1) is 18.4. The molecular weight excluding hydrogens is 339 g/mol. The van der Waals surface area contributed by atoms with E-state index in [1.165, 1.54) is 25.0 Å². The van der Waals surface area contributed by atoms with Gasteiger partial charge in [0.2, 0.25) is 11.7 Å². The number of hydrogen-bond donors (Lipinski definition) is 0. The van der Waals surface area contributed by atoms with E-state index in [4.69, 9.17) is 4.74 Å². The van der Waals surface area contributed by atoms with Gasteiger partial charge in [-0.3, -0.25) is 14.4 Å². The summed E-state index contributed by atoms with van der Waals surface area (Å²) in [6.45, 7) is 2.64. The summed E-state index contributed by atoms with van der Waals surface area (Å²) in [5, 5.41) is 0. The summed E-state index contributed by atoms with van der Waals surface area (Å²) >= 11 is 0. The van der Waals surface area contributed by atoms with Crippen molar-refractivity contribution in [3.05, 3.63) is 29.6 Å². The molecule has 6 nitrogen and oxygen atoms in total. The van der Waals surface area contributed by atoms with Crippen LogP contribution in [0.15, 0.2) is 18.2 Å². The number of rotatable bonds is 4. The van der Waals surface area contributed by atoms with Crippen LogP contribution < -0.4 is 4.74 Å². The van der Waals surface area contributed by atoms with Gasteiger partial charge in [-0.25, -0.2) is 4.39 Å². The molecule has 2 saturated heterocycles. The Labute approximate surface area is 151 Å². The third kappa shape index (κ3) is 3.30. The normalized spacial score (nSPS) is 22.8. The Morgan fingerprint density at radius 3 is 2.73 bits per heavy atom. The standard InChI is InChI=1S/C19H23FN2O4/c1-13(23)17(24)22-9-7-19(12-22)6-3-8-21(18(19)25)11-14-10-15(26-2)4-5-16(14)20/h4-5,10H,3,6-9,11-12H2,1-2H3/t19-/m1/s1. The molecule has 1 aromatic carbocycles. The van der Waals surface area contributed by atoms with E-state index in [2.05, 4.69) is 0 Å². The Kier molecular flexibility index (Phi) is 4.98. The fourth-order valence-electron chi connectivity index (χ4n) is 3.95. The predicted molar refractivity (Wildman–Crippen MR) is 91.9 cm³/mol. The Morgan fingerprint density at radius 2 is 2.04 bits per heavy atom. The number of carbonyl (C=O) groups excluding carboxylic acids is 3. The number of methoxy groups -OCH3 is 1. The van der Waals surface area contributed by atoms with Gasteiger partial charge in [0.25, 0.3) is 5.91 Å². The van der Waals surface area contributed by atoms with Crippen LogP contribution in [0.2, 0.25) is 0 Å². The molecule has 2 heterocycles. The highest BCUT2D eigenvalue weighted by Gasteiger charge is 2.49. The minimum Gasteiger partial charge on any atom is -0.497 e. The van der Waals surface area contributed by atoms with Gasteiger partial charge in [-0.2, -0.15) is 0 Å². The molecule has 2 aliphatic heterocycles. The lowest BCUT2D eigenvalue weighted by atomic mass is 9.78. The highest BCUT2D eigenvalue weighted by atomic mass is 19.1. The van der Waals surface area contributed by atoms with Crippen molar-refractivity contribution in [2.75, 3.05) is 26.7 Å². The van der Waals surface area contributed by atoms with E-state index < -0.39 is 17.1 Å². The Bertz CT molecular complexity index is 751. The molecule has 0 aliphatic carbocycles. The summed E-state index contributed by atoms with van der Waals surface area (Å²) in [7, 11) is 1.51. The molecule has 140 valence electrons. The Balaban J connectivity index is 1.77. The summed E-state index contributed by atoms with van der Waals surface area (Å²) in [6.07, 6.45) is 2.02. The zero-order valence-corrected chi connectivity index (χ0v) is 15.1. The molecule has 2 fully saturated rings. The maximum atomic E-state index is 14.1. The highest BCUT2D eigenvalue weighted by Crippen LogP contribution is 2.40. The lowest BCUT2D eigenvalue weighted by Gasteiger charge is -2.39. The van der Waals surface area contributed by atoms with Gasteiger partial charge in [0, 0.05) is 38.7 Å². The number of piperidine rings is 1. The van der Waals surface area contributed by atoms with E-state index in [9.17, 15) is 18.8 Å². The van der Waals surface area contributed by atoms with Gasteiger partial charge in [0.05, 0.1) is 12.5 Å². The van der Waals surface area contributed by atoms with Gasteiger partial charge in [0.1, 0.15) is 11.6 Å². The van der Waals surface area contributed by atoms with Crippen LogP contribution >= 0.6 is 0 Å². The molecule has 3 rings (SSSR count). The molecule has 7 heteroatoms. The quantitative estimate of drug-likeness (QED) is 0.766. The number of halogens is 1. The number of amides is 2.